The zero-order valence-corrected chi connectivity index (χ0v) is 13.7. The summed E-state index contributed by atoms with van der Waals surface area (Å²) in [5.41, 5.74) is -0.233. The van der Waals surface area contributed by atoms with Gasteiger partial charge in [-0.15, -0.1) is 0 Å². The van der Waals surface area contributed by atoms with Gasteiger partial charge in [-0.05, 0) is 46.7 Å². The second kappa shape index (κ2) is 8.33. The molecule has 5 nitrogen and oxygen atoms in total. The first-order valence-corrected chi connectivity index (χ1v) is 7.54. The zero-order chi connectivity index (χ0) is 17.5. The summed E-state index contributed by atoms with van der Waals surface area (Å²) in [7, 11) is 0. The average Bonchev–Trinajstić information content (AvgIpc) is 2.85. The van der Waals surface area contributed by atoms with E-state index in [1.54, 1.807) is 0 Å². The van der Waals surface area contributed by atoms with Gasteiger partial charge in [-0.2, -0.15) is 13.2 Å². The third-order valence-corrected chi connectivity index (χ3v) is 3.16. The first kappa shape index (κ1) is 19.5. The van der Waals surface area contributed by atoms with Gasteiger partial charge in [-0.25, -0.2) is 4.98 Å². The summed E-state index contributed by atoms with van der Waals surface area (Å²) < 4.78 is 40.9. The van der Waals surface area contributed by atoms with Crippen molar-refractivity contribution in [1.82, 2.24) is 15.3 Å². The van der Waals surface area contributed by atoms with Crippen LogP contribution in [0.3, 0.4) is 0 Å². The van der Waals surface area contributed by atoms with Crippen LogP contribution in [0.1, 0.15) is 51.0 Å². The number of carbonyl (C=O) groups is 1. The van der Waals surface area contributed by atoms with Crippen LogP contribution in [0.25, 0.3) is 0 Å². The van der Waals surface area contributed by atoms with Crippen molar-refractivity contribution >= 4 is 6.47 Å². The molecule has 0 bridgehead atoms. The number of carbonyl (C=O) groups excluding carboxylic acids is 1. The van der Waals surface area contributed by atoms with Gasteiger partial charge in [0.2, 0.25) is 0 Å². The molecule has 1 aromatic heterocycles. The minimum Gasteiger partial charge on any atom is -0.462 e. The van der Waals surface area contributed by atoms with Crippen LogP contribution in [0.4, 0.5) is 13.2 Å². The van der Waals surface area contributed by atoms with Crippen molar-refractivity contribution in [3.8, 4) is 0 Å². The number of nitrogens with zero attached hydrogens (tertiary/aromatic N) is 1. The fourth-order valence-electron chi connectivity index (χ4n) is 2.12. The highest BCUT2D eigenvalue weighted by Gasteiger charge is 2.29. The van der Waals surface area contributed by atoms with Gasteiger partial charge in [0, 0.05) is 12.1 Å². The molecule has 2 heterocycles. The van der Waals surface area contributed by atoms with Crippen molar-refractivity contribution in [3.63, 3.8) is 0 Å². The van der Waals surface area contributed by atoms with E-state index in [1.165, 1.54) is 6.20 Å². The number of hydrogen-bond acceptors (Lipinski definition) is 4. The SMILES string of the molecule is CC(C)(C)OC=O.FC(F)(F)Cc1c[nH]c(C2CCNCC2)n1. The summed E-state index contributed by atoms with van der Waals surface area (Å²) in [6, 6.07) is 0. The number of hydrogen-bond donors (Lipinski definition) is 2. The molecule has 0 radical (unpaired) electrons. The van der Waals surface area contributed by atoms with Crippen molar-refractivity contribution in [1.29, 1.82) is 0 Å². The summed E-state index contributed by atoms with van der Waals surface area (Å²) in [4.78, 5) is 16.5. The Bertz CT molecular complexity index is 475. The fourth-order valence-corrected chi connectivity index (χ4v) is 2.12. The van der Waals surface area contributed by atoms with Crippen LogP contribution in [0.15, 0.2) is 6.20 Å². The van der Waals surface area contributed by atoms with E-state index in [1.807, 2.05) is 20.8 Å². The maximum Gasteiger partial charge on any atom is 0.394 e. The van der Waals surface area contributed by atoms with Gasteiger partial charge in [0.25, 0.3) is 6.47 Å². The standard InChI is InChI=1S/C10H14F3N3.C5H10O2/c11-10(12,13)5-8-6-15-9(16-8)7-1-3-14-4-2-7;1-5(2,3)7-4-6/h6-7,14H,1-5H2,(H,15,16);4H,1-3H3. The molecule has 0 spiro atoms. The minimum atomic E-state index is -4.18. The highest BCUT2D eigenvalue weighted by Crippen LogP contribution is 2.25. The molecule has 0 saturated carbocycles. The highest BCUT2D eigenvalue weighted by molar-refractivity contribution is 5.37. The molecular formula is C15H24F3N3O2. The lowest BCUT2D eigenvalue weighted by Gasteiger charge is -2.20. The number of nitrogens with one attached hydrogen (secondary N) is 2. The van der Waals surface area contributed by atoms with Crippen LogP contribution in [0.5, 0.6) is 0 Å². The molecule has 0 amide bonds. The molecule has 1 aliphatic heterocycles. The molecule has 2 N–H and O–H groups in total. The van der Waals surface area contributed by atoms with Crippen molar-refractivity contribution in [2.75, 3.05) is 13.1 Å². The quantitative estimate of drug-likeness (QED) is 0.834. The molecule has 1 aromatic rings. The van der Waals surface area contributed by atoms with Crippen LogP contribution in [-0.4, -0.2) is 41.3 Å². The number of aromatic nitrogens is 2. The van der Waals surface area contributed by atoms with Crippen LogP contribution in [0, 0.1) is 0 Å². The van der Waals surface area contributed by atoms with E-state index in [-0.39, 0.29) is 17.2 Å². The monoisotopic (exact) mass is 335 g/mol. The maximum absolute atomic E-state index is 12.1. The Balaban J connectivity index is 0.000000322. The van der Waals surface area contributed by atoms with E-state index >= 15 is 0 Å². The van der Waals surface area contributed by atoms with Crippen molar-refractivity contribution in [2.45, 2.75) is 57.7 Å². The Hall–Kier alpha value is -1.57. The van der Waals surface area contributed by atoms with E-state index < -0.39 is 12.6 Å². The van der Waals surface area contributed by atoms with E-state index in [9.17, 15) is 18.0 Å². The van der Waals surface area contributed by atoms with E-state index in [0.29, 0.717) is 12.3 Å². The third kappa shape index (κ3) is 8.59. The minimum absolute atomic E-state index is 0.0843. The smallest absolute Gasteiger partial charge is 0.394 e. The van der Waals surface area contributed by atoms with Crippen LogP contribution < -0.4 is 5.32 Å². The first-order valence-electron chi connectivity index (χ1n) is 7.54. The van der Waals surface area contributed by atoms with E-state index in [2.05, 4.69) is 20.0 Å². The number of ether oxygens (including phenoxy) is 1. The fraction of sp³-hybridized carbons (Fsp3) is 0.733. The number of H-pyrrole nitrogens is 1. The zero-order valence-electron chi connectivity index (χ0n) is 13.7. The molecule has 2 rings (SSSR count). The molecule has 1 saturated heterocycles. The van der Waals surface area contributed by atoms with Crippen molar-refractivity contribution in [2.24, 2.45) is 0 Å². The lowest BCUT2D eigenvalue weighted by atomic mass is 9.98. The number of aromatic amines is 1. The molecule has 1 aliphatic rings. The molecule has 0 unspecified atom stereocenters. The van der Waals surface area contributed by atoms with Gasteiger partial charge in [0.1, 0.15) is 11.4 Å². The topological polar surface area (TPSA) is 67.0 Å². The summed E-state index contributed by atoms with van der Waals surface area (Å²) in [5, 5.41) is 3.21. The summed E-state index contributed by atoms with van der Waals surface area (Å²) in [6.07, 6.45) is -1.90. The maximum atomic E-state index is 12.1. The number of piperidine rings is 1. The van der Waals surface area contributed by atoms with Gasteiger partial charge in [-0.3, -0.25) is 4.79 Å². The Morgan fingerprint density at radius 1 is 1.30 bits per heavy atom. The lowest BCUT2D eigenvalue weighted by Crippen LogP contribution is -2.27. The predicted molar refractivity (Wildman–Crippen MR) is 80.1 cm³/mol. The van der Waals surface area contributed by atoms with Crippen molar-refractivity contribution < 1.29 is 22.7 Å². The lowest BCUT2D eigenvalue weighted by molar-refractivity contribution is -0.138. The Kier molecular flexibility index (Phi) is 7.05. The summed E-state index contributed by atoms with van der Waals surface area (Å²) >= 11 is 0. The largest absolute Gasteiger partial charge is 0.462 e. The third-order valence-electron chi connectivity index (χ3n) is 3.16. The molecule has 0 aromatic carbocycles. The summed E-state index contributed by atoms with van der Waals surface area (Å²) in [5.74, 6) is 0.962. The van der Waals surface area contributed by atoms with Crippen LogP contribution in [0.2, 0.25) is 0 Å². The van der Waals surface area contributed by atoms with Gasteiger partial charge in [0.05, 0.1) is 12.1 Å². The molecule has 132 valence electrons. The second-order valence-electron chi connectivity index (χ2n) is 6.42. The highest BCUT2D eigenvalue weighted by atomic mass is 19.4. The number of imidazole rings is 1. The Labute approximate surface area is 134 Å². The van der Waals surface area contributed by atoms with E-state index in [4.69, 9.17) is 0 Å². The molecular weight excluding hydrogens is 311 g/mol. The molecule has 23 heavy (non-hydrogen) atoms. The summed E-state index contributed by atoms with van der Waals surface area (Å²) in [6.45, 7) is 7.73. The van der Waals surface area contributed by atoms with Crippen LogP contribution >= 0.6 is 0 Å². The molecule has 8 heteroatoms. The van der Waals surface area contributed by atoms with Gasteiger partial charge < -0.3 is 15.0 Å². The second-order valence-corrected chi connectivity index (χ2v) is 6.42. The number of halogens is 3. The number of rotatable bonds is 3. The normalized spacial score (nSPS) is 16.4. The first-order chi connectivity index (χ1) is 10.6. The number of alkyl halides is 3. The average molecular weight is 335 g/mol. The van der Waals surface area contributed by atoms with Gasteiger partial charge >= 0.3 is 6.18 Å². The van der Waals surface area contributed by atoms with Crippen molar-refractivity contribution in [3.05, 3.63) is 17.7 Å². The Morgan fingerprint density at radius 2 is 1.91 bits per heavy atom. The van der Waals surface area contributed by atoms with Gasteiger partial charge in [-0.1, -0.05) is 0 Å². The van der Waals surface area contributed by atoms with Gasteiger partial charge in [0.15, 0.2) is 0 Å². The molecule has 0 atom stereocenters. The molecule has 1 fully saturated rings. The predicted octanol–water partition coefficient (Wildman–Crippen LogP) is 2.94. The molecule has 0 aliphatic carbocycles. The van der Waals surface area contributed by atoms with Crippen LogP contribution in [-0.2, 0) is 16.0 Å². The van der Waals surface area contributed by atoms with E-state index in [0.717, 1.165) is 25.9 Å². The Morgan fingerprint density at radius 3 is 2.35 bits per heavy atom.